The van der Waals surface area contributed by atoms with Gasteiger partial charge in [0.05, 0.1) is 6.61 Å². The monoisotopic (exact) mass is 317 g/mol. The predicted octanol–water partition coefficient (Wildman–Crippen LogP) is 2.90. The molecule has 1 saturated carbocycles. The van der Waals surface area contributed by atoms with Gasteiger partial charge in [-0.15, -0.1) is 0 Å². The summed E-state index contributed by atoms with van der Waals surface area (Å²) in [7, 11) is 1.80. The second kappa shape index (κ2) is 10.3. The van der Waals surface area contributed by atoms with E-state index in [1.807, 2.05) is 18.2 Å². The molecule has 1 atom stereocenters. The molecular formula is C19H31N3O. The van der Waals surface area contributed by atoms with E-state index in [9.17, 15) is 5.11 Å². The van der Waals surface area contributed by atoms with Gasteiger partial charge in [-0.1, -0.05) is 62.4 Å². The van der Waals surface area contributed by atoms with Crippen LogP contribution in [0.3, 0.4) is 0 Å². The molecule has 2 rings (SSSR count). The molecule has 0 spiro atoms. The highest BCUT2D eigenvalue weighted by Gasteiger charge is 2.14. The van der Waals surface area contributed by atoms with Crippen molar-refractivity contribution >= 4 is 5.96 Å². The third kappa shape index (κ3) is 6.22. The Balaban J connectivity index is 1.71. The zero-order chi connectivity index (χ0) is 16.3. The Morgan fingerprint density at radius 1 is 1.17 bits per heavy atom. The molecule has 0 heterocycles. The molecule has 0 radical (unpaired) electrons. The summed E-state index contributed by atoms with van der Waals surface area (Å²) in [5, 5.41) is 16.4. The van der Waals surface area contributed by atoms with Gasteiger partial charge in [0.1, 0.15) is 0 Å². The Bertz CT molecular complexity index is 455. The van der Waals surface area contributed by atoms with Crippen molar-refractivity contribution in [2.75, 3.05) is 26.7 Å². The smallest absolute Gasteiger partial charge is 0.190 e. The van der Waals surface area contributed by atoms with Gasteiger partial charge in [-0.3, -0.25) is 4.99 Å². The molecule has 0 bridgehead atoms. The zero-order valence-electron chi connectivity index (χ0n) is 14.3. The minimum absolute atomic E-state index is 0.0908. The van der Waals surface area contributed by atoms with Gasteiger partial charge in [-0.2, -0.15) is 0 Å². The molecule has 1 aromatic carbocycles. The van der Waals surface area contributed by atoms with Crippen molar-refractivity contribution in [1.82, 2.24) is 10.6 Å². The summed E-state index contributed by atoms with van der Waals surface area (Å²) in [5.41, 5.74) is 1.15. The SMILES string of the molecule is CN=C(NCCC1CCCCC1)NCC(CO)c1ccccc1. The molecule has 0 aromatic heterocycles. The van der Waals surface area contributed by atoms with Crippen LogP contribution in [0.5, 0.6) is 0 Å². The lowest BCUT2D eigenvalue weighted by Crippen LogP contribution is -2.40. The number of rotatable bonds is 7. The number of hydrogen-bond donors (Lipinski definition) is 3. The van der Waals surface area contributed by atoms with Crippen LogP contribution in [0.2, 0.25) is 0 Å². The summed E-state index contributed by atoms with van der Waals surface area (Å²) in [6.07, 6.45) is 8.19. The zero-order valence-corrected chi connectivity index (χ0v) is 14.3. The molecule has 4 heteroatoms. The molecule has 23 heavy (non-hydrogen) atoms. The third-order valence-electron chi connectivity index (χ3n) is 4.80. The van der Waals surface area contributed by atoms with E-state index >= 15 is 0 Å². The van der Waals surface area contributed by atoms with Crippen LogP contribution in [0, 0.1) is 5.92 Å². The minimum atomic E-state index is 0.0908. The van der Waals surface area contributed by atoms with Crippen LogP contribution < -0.4 is 10.6 Å². The molecular weight excluding hydrogens is 286 g/mol. The van der Waals surface area contributed by atoms with Gasteiger partial charge in [-0.05, 0) is 17.9 Å². The van der Waals surface area contributed by atoms with Crippen molar-refractivity contribution in [3.05, 3.63) is 35.9 Å². The average molecular weight is 317 g/mol. The number of aliphatic imine (C=N–C) groups is 1. The quantitative estimate of drug-likeness (QED) is 0.535. The van der Waals surface area contributed by atoms with Crippen LogP contribution in [0.1, 0.15) is 50.0 Å². The maximum absolute atomic E-state index is 9.61. The highest BCUT2D eigenvalue weighted by atomic mass is 16.3. The maximum Gasteiger partial charge on any atom is 0.190 e. The first-order valence-electron chi connectivity index (χ1n) is 8.93. The van der Waals surface area contributed by atoms with Crippen LogP contribution in [-0.2, 0) is 0 Å². The standard InChI is InChI=1S/C19H31N3O/c1-20-19(21-13-12-16-8-4-2-5-9-16)22-14-18(15-23)17-10-6-3-7-11-17/h3,6-7,10-11,16,18,23H,2,4-5,8-9,12-15H2,1H3,(H2,20,21,22). The Labute approximate surface area is 140 Å². The van der Waals surface area contributed by atoms with Crippen LogP contribution in [-0.4, -0.2) is 37.8 Å². The Morgan fingerprint density at radius 3 is 2.57 bits per heavy atom. The number of guanidine groups is 1. The minimum Gasteiger partial charge on any atom is -0.396 e. The number of nitrogens with one attached hydrogen (secondary N) is 2. The molecule has 1 aliphatic carbocycles. The van der Waals surface area contributed by atoms with E-state index < -0.39 is 0 Å². The third-order valence-corrected chi connectivity index (χ3v) is 4.80. The van der Waals surface area contributed by atoms with Gasteiger partial charge < -0.3 is 15.7 Å². The highest BCUT2D eigenvalue weighted by molar-refractivity contribution is 5.79. The number of nitrogens with zero attached hydrogens (tertiary/aromatic N) is 1. The van der Waals surface area contributed by atoms with Crippen molar-refractivity contribution in [2.45, 2.75) is 44.4 Å². The van der Waals surface area contributed by atoms with E-state index in [0.29, 0.717) is 6.54 Å². The van der Waals surface area contributed by atoms with Crippen LogP contribution in [0.15, 0.2) is 35.3 Å². The van der Waals surface area contributed by atoms with Crippen molar-refractivity contribution < 1.29 is 5.11 Å². The van der Waals surface area contributed by atoms with Crippen molar-refractivity contribution in [3.63, 3.8) is 0 Å². The van der Waals surface area contributed by atoms with Crippen LogP contribution >= 0.6 is 0 Å². The van der Waals surface area contributed by atoms with Crippen LogP contribution in [0.25, 0.3) is 0 Å². The highest BCUT2D eigenvalue weighted by Crippen LogP contribution is 2.25. The van der Waals surface area contributed by atoms with Gasteiger partial charge in [0, 0.05) is 26.1 Å². The number of aliphatic hydroxyl groups is 1. The van der Waals surface area contributed by atoms with Crippen molar-refractivity contribution in [1.29, 1.82) is 0 Å². The molecule has 1 aromatic rings. The van der Waals surface area contributed by atoms with E-state index in [1.54, 1.807) is 7.05 Å². The fourth-order valence-electron chi connectivity index (χ4n) is 3.32. The van der Waals surface area contributed by atoms with Gasteiger partial charge >= 0.3 is 0 Å². The second-order valence-electron chi connectivity index (χ2n) is 6.46. The summed E-state index contributed by atoms with van der Waals surface area (Å²) >= 11 is 0. The van der Waals surface area contributed by atoms with E-state index in [0.717, 1.165) is 24.0 Å². The first-order chi connectivity index (χ1) is 11.3. The van der Waals surface area contributed by atoms with E-state index in [4.69, 9.17) is 0 Å². The van der Waals surface area contributed by atoms with Crippen molar-refractivity contribution in [3.8, 4) is 0 Å². The summed E-state index contributed by atoms with van der Waals surface area (Å²) in [6.45, 7) is 1.79. The molecule has 4 nitrogen and oxygen atoms in total. The van der Waals surface area contributed by atoms with Gasteiger partial charge in [0.2, 0.25) is 0 Å². The summed E-state index contributed by atoms with van der Waals surface area (Å²) in [4.78, 5) is 4.28. The number of aliphatic hydroxyl groups excluding tert-OH is 1. The van der Waals surface area contributed by atoms with Gasteiger partial charge in [-0.25, -0.2) is 0 Å². The second-order valence-corrected chi connectivity index (χ2v) is 6.46. The van der Waals surface area contributed by atoms with E-state index in [-0.39, 0.29) is 12.5 Å². The summed E-state index contributed by atoms with van der Waals surface area (Å²) < 4.78 is 0. The van der Waals surface area contributed by atoms with E-state index in [2.05, 4.69) is 27.8 Å². The Hall–Kier alpha value is -1.55. The average Bonchev–Trinajstić information content (AvgIpc) is 2.62. The van der Waals surface area contributed by atoms with Gasteiger partial charge in [0.25, 0.3) is 0 Å². The first kappa shape index (κ1) is 17.8. The summed E-state index contributed by atoms with van der Waals surface area (Å²) in [6, 6.07) is 10.1. The molecule has 0 amide bonds. The molecule has 128 valence electrons. The molecule has 1 aliphatic rings. The molecule has 1 unspecified atom stereocenters. The van der Waals surface area contributed by atoms with Gasteiger partial charge in [0.15, 0.2) is 5.96 Å². The fraction of sp³-hybridized carbons (Fsp3) is 0.632. The Morgan fingerprint density at radius 2 is 1.91 bits per heavy atom. The maximum atomic E-state index is 9.61. The molecule has 0 saturated heterocycles. The van der Waals surface area contributed by atoms with E-state index in [1.165, 1.54) is 38.5 Å². The van der Waals surface area contributed by atoms with Crippen LogP contribution in [0.4, 0.5) is 0 Å². The topological polar surface area (TPSA) is 56.7 Å². The molecule has 1 fully saturated rings. The first-order valence-corrected chi connectivity index (χ1v) is 8.93. The lowest BCUT2D eigenvalue weighted by Gasteiger charge is -2.22. The Kier molecular flexibility index (Phi) is 7.95. The fourth-order valence-corrected chi connectivity index (χ4v) is 3.32. The summed E-state index contributed by atoms with van der Waals surface area (Å²) in [5.74, 6) is 1.80. The molecule has 0 aliphatic heterocycles. The lowest BCUT2D eigenvalue weighted by molar-refractivity contribution is 0.265. The molecule has 3 N–H and O–H groups in total. The lowest BCUT2D eigenvalue weighted by atomic mass is 9.87. The van der Waals surface area contributed by atoms with Crippen molar-refractivity contribution in [2.24, 2.45) is 10.9 Å². The number of benzene rings is 1. The predicted molar refractivity (Wildman–Crippen MR) is 96.8 cm³/mol. The normalized spacial score (nSPS) is 17.7. The number of hydrogen-bond acceptors (Lipinski definition) is 2. The largest absolute Gasteiger partial charge is 0.396 e.